The zero-order chi connectivity index (χ0) is 16.5. The summed E-state index contributed by atoms with van der Waals surface area (Å²) in [5.74, 6) is -0.101. The first-order chi connectivity index (χ1) is 10.2. The zero-order valence-electron chi connectivity index (χ0n) is 13.3. The molecule has 0 aromatic heterocycles. The van der Waals surface area contributed by atoms with Crippen molar-refractivity contribution in [1.82, 2.24) is 10.2 Å². The molecule has 6 heteroatoms. The van der Waals surface area contributed by atoms with Gasteiger partial charge in [-0.05, 0) is 51.0 Å². The predicted molar refractivity (Wildman–Crippen MR) is 88.0 cm³/mol. The Balaban J connectivity index is 2.03. The van der Waals surface area contributed by atoms with Crippen LogP contribution in [-0.4, -0.2) is 42.1 Å². The second-order valence-electron chi connectivity index (χ2n) is 6.54. The van der Waals surface area contributed by atoms with Crippen LogP contribution in [-0.2, 0) is 11.2 Å². The van der Waals surface area contributed by atoms with E-state index >= 15 is 0 Å². The SMILES string of the molecule is CN(CC1Cc2cc(Br)ccc2C(=O)N1)C(=O)OC(C)(C)C. The summed E-state index contributed by atoms with van der Waals surface area (Å²) in [5, 5.41) is 2.94. The Hall–Kier alpha value is -1.56. The highest BCUT2D eigenvalue weighted by molar-refractivity contribution is 9.10. The Morgan fingerprint density at radius 2 is 2.14 bits per heavy atom. The van der Waals surface area contributed by atoms with E-state index in [9.17, 15) is 9.59 Å². The molecule has 1 atom stereocenters. The molecule has 0 spiro atoms. The van der Waals surface area contributed by atoms with E-state index in [0.29, 0.717) is 18.5 Å². The molecule has 0 fully saturated rings. The molecule has 0 saturated carbocycles. The fraction of sp³-hybridized carbons (Fsp3) is 0.500. The number of nitrogens with one attached hydrogen (secondary N) is 1. The van der Waals surface area contributed by atoms with Crippen molar-refractivity contribution in [2.75, 3.05) is 13.6 Å². The molecule has 0 saturated heterocycles. The first-order valence-electron chi connectivity index (χ1n) is 7.19. The third kappa shape index (κ3) is 4.22. The van der Waals surface area contributed by atoms with Crippen molar-refractivity contribution in [2.45, 2.75) is 38.8 Å². The molecule has 2 amide bonds. The predicted octanol–water partition coefficient (Wildman–Crippen LogP) is 2.97. The van der Waals surface area contributed by atoms with Gasteiger partial charge in [-0.1, -0.05) is 15.9 Å². The van der Waals surface area contributed by atoms with Crippen molar-refractivity contribution < 1.29 is 14.3 Å². The Morgan fingerprint density at radius 1 is 1.45 bits per heavy atom. The lowest BCUT2D eigenvalue weighted by Crippen LogP contribution is -2.49. The van der Waals surface area contributed by atoms with E-state index in [1.165, 1.54) is 4.90 Å². The van der Waals surface area contributed by atoms with Crippen molar-refractivity contribution >= 4 is 27.9 Å². The number of nitrogens with zero attached hydrogens (tertiary/aromatic N) is 1. The normalized spacial score (nSPS) is 17.5. The molecule has 1 aliphatic rings. The van der Waals surface area contributed by atoms with Gasteiger partial charge in [0.05, 0.1) is 6.04 Å². The summed E-state index contributed by atoms with van der Waals surface area (Å²) in [4.78, 5) is 25.6. The van der Waals surface area contributed by atoms with Gasteiger partial charge in [0, 0.05) is 23.6 Å². The summed E-state index contributed by atoms with van der Waals surface area (Å²) in [6.45, 7) is 5.89. The lowest BCUT2D eigenvalue weighted by molar-refractivity contribution is 0.0279. The molecule has 120 valence electrons. The van der Waals surface area contributed by atoms with E-state index in [4.69, 9.17) is 4.74 Å². The Bertz CT molecular complexity index is 596. The molecule has 1 unspecified atom stereocenters. The number of hydrogen-bond acceptors (Lipinski definition) is 3. The standard InChI is InChI=1S/C16H21BrN2O3/c1-16(2,3)22-15(21)19(4)9-12-8-10-7-11(17)5-6-13(10)14(20)18-12/h5-7,12H,8-9H2,1-4H3,(H,18,20). The smallest absolute Gasteiger partial charge is 0.410 e. The number of carbonyl (C=O) groups excluding carboxylic acids is 2. The van der Waals surface area contributed by atoms with E-state index in [1.807, 2.05) is 39.0 Å². The maximum atomic E-state index is 12.1. The van der Waals surface area contributed by atoms with Crippen molar-refractivity contribution in [2.24, 2.45) is 0 Å². The van der Waals surface area contributed by atoms with Crippen LogP contribution in [0.15, 0.2) is 22.7 Å². The van der Waals surface area contributed by atoms with Gasteiger partial charge in [0.25, 0.3) is 5.91 Å². The molecule has 0 radical (unpaired) electrons. The van der Waals surface area contributed by atoms with Gasteiger partial charge in [-0.15, -0.1) is 0 Å². The molecule has 0 bridgehead atoms. The topological polar surface area (TPSA) is 58.6 Å². The van der Waals surface area contributed by atoms with E-state index in [-0.39, 0.29) is 18.0 Å². The minimum atomic E-state index is -0.529. The van der Waals surface area contributed by atoms with Crippen LogP contribution in [0.25, 0.3) is 0 Å². The highest BCUT2D eigenvalue weighted by Gasteiger charge is 2.27. The van der Waals surface area contributed by atoms with Crippen LogP contribution in [0.5, 0.6) is 0 Å². The van der Waals surface area contributed by atoms with Crippen LogP contribution in [0.3, 0.4) is 0 Å². The fourth-order valence-electron chi connectivity index (χ4n) is 2.39. The van der Waals surface area contributed by atoms with Crippen LogP contribution >= 0.6 is 15.9 Å². The van der Waals surface area contributed by atoms with Gasteiger partial charge in [-0.3, -0.25) is 4.79 Å². The number of amides is 2. The van der Waals surface area contributed by atoms with Gasteiger partial charge in [-0.2, -0.15) is 0 Å². The highest BCUT2D eigenvalue weighted by atomic mass is 79.9. The van der Waals surface area contributed by atoms with Crippen molar-refractivity contribution in [3.8, 4) is 0 Å². The van der Waals surface area contributed by atoms with Crippen molar-refractivity contribution in [3.63, 3.8) is 0 Å². The second-order valence-corrected chi connectivity index (χ2v) is 7.45. The van der Waals surface area contributed by atoms with Gasteiger partial charge in [0.2, 0.25) is 0 Å². The maximum absolute atomic E-state index is 12.1. The molecule has 22 heavy (non-hydrogen) atoms. The number of halogens is 1. The van der Waals surface area contributed by atoms with Gasteiger partial charge in [0.15, 0.2) is 0 Å². The van der Waals surface area contributed by atoms with Gasteiger partial charge in [-0.25, -0.2) is 4.79 Å². The lowest BCUT2D eigenvalue weighted by Gasteiger charge is -2.30. The van der Waals surface area contributed by atoms with Gasteiger partial charge >= 0.3 is 6.09 Å². The Labute approximate surface area is 139 Å². The molecule has 5 nitrogen and oxygen atoms in total. The van der Waals surface area contributed by atoms with Crippen molar-refractivity contribution in [3.05, 3.63) is 33.8 Å². The van der Waals surface area contributed by atoms with E-state index in [1.54, 1.807) is 7.05 Å². The summed E-state index contributed by atoms with van der Waals surface area (Å²) in [5.41, 5.74) is 1.15. The number of likely N-dealkylation sites (N-methyl/N-ethyl adjacent to an activating group) is 1. The van der Waals surface area contributed by atoms with Gasteiger partial charge in [0.1, 0.15) is 5.60 Å². The molecule has 1 heterocycles. The number of hydrogen-bond donors (Lipinski definition) is 1. The van der Waals surface area contributed by atoms with Crippen LogP contribution in [0.4, 0.5) is 4.79 Å². The Morgan fingerprint density at radius 3 is 2.77 bits per heavy atom. The lowest BCUT2D eigenvalue weighted by atomic mass is 9.95. The zero-order valence-corrected chi connectivity index (χ0v) is 14.9. The van der Waals surface area contributed by atoms with Crippen LogP contribution in [0.2, 0.25) is 0 Å². The monoisotopic (exact) mass is 368 g/mol. The number of ether oxygens (including phenoxy) is 1. The van der Waals surface area contributed by atoms with Crippen LogP contribution in [0, 0.1) is 0 Å². The first-order valence-corrected chi connectivity index (χ1v) is 7.98. The fourth-order valence-corrected chi connectivity index (χ4v) is 2.80. The summed E-state index contributed by atoms with van der Waals surface area (Å²) < 4.78 is 6.27. The molecule has 1 aromatic carbocycles. The second kappa shape index (κ2) is 6.28. The third-order valence-corrected chi connectivity index (χ3v) is 3.81. The molecular weight excluding hydrogens is 348 g/mol. The molecule has 0 aliphatic carbocycles. The summed E-state index contributed by atoms with van der Waals surface area (Å²) in [6.07, 6.45) is 0.301. The van der Waals surface area contributed by atoms with Crippen LogP contribution in [0.1, 0.15) is 36.7 Å². The molecular formula is C16H21BrN2O3. The molecule has 1 N–H and O–H groups in total. The Kier molecular flexibility index (Phi) is 4.80. The average molecular weight is 369 g/mol. The average Bonchev–Trinajstić information content (AvgIpc) is 2.35. The van der Waals surface area contributed by atoms with Crippen molar-refractivity contribution in [1.29, 1.82) is 0 Å². The number of carbonyl (C=O) groups is 2. The summed E-state index contributed by atoms with van der Waals surface area (Å²) in [7, 11) is 1.68. The minimum Gasteiger partial charge on any atom is -0.444 e. The molecule has 2 rings (SSSR count). The highest BCUT2D eigenvalue weighted by Crippen LogP contribution is 2.22. The number of rotatable bonds is 2. The van der Waals surface area contributed by atoms with E-state index in [0.717, 1.165) is 10.0 Å². The summed E-state index contributed by atoms with van der Waals surface area (Å²) >= 11 is 3.42. The van der Waals surface area contributed by atoms with Gasteiger partial charge < -0.3 is 15.0 Å². The largest absolute Gasteiger partial charge is 0.444 e. The molecule has 1 aliphatic heterocycles. The maximum Gasteiger partial charge on any atom is 0.410 e. The number of benzene rings is 1. The van der Waals surface area contributed by atoms with E-state index in [2.05, 4.69) is 21.2 Å². The first kappa shape index (κ1) is 16.8. The molecule has 1 aromatic rings. The quantitative estimate of drug-likeness (QED) is 0.872. The van der Waals surface area contributed by atoms with Crippen LogP contribution < -0.4 is 5.32 Å². The third-order valence-electron chi connectivity index (χ3n) is 3.31. The summed E-state index contributed by atoms with van der Waals surface area (Å²) in [6, 6.07) is 5.50. The number of fused-ring (bicyclic) bond motifs is 1. The minimum absolute atomic E-state index is 0.101. The van der Waals surface area contributed by atoms with E-state index < -0.39 is 5.60 Å².